The maximum Gasteiger partial charge on any atom is 0.341 e. The van der Waals surface area contributed by atoms with Crippen molar-refractivity contribution in [3.05, 3.63) is 30.0 Å². The van der Waals surface area contributed by atoms with Crippen molar-refractivity contribution in [2.24, 2.45) is 0 Å². The number of carbonyl (C=O) groups is 1. The number of rotatable bonds is 7. The van der Waals surface area contributed by atoms with Crippen molar-refractivity contribution >= 4 is 22.6 Å². The number of aliphatic hydroxyl groups excluding tert-OH is 1. The van der Waals surface area contributed by atoms with Crippen molar-refractivity contribution in [3.8, 4) is 5.75 Å². The fourth-order valence-electron chi connectivity index (χ4n) is 2.23. The van der Waals surface area contributed by atoms with E-state index in [1.165, 1.54) is 6.20 Å². The molecule has 0 saturated carbocycles. The molecule has 2 rings (SSSR count). The number of hydrogen-bond donors (Lipinski definition) is 2. The number of aliphatic hydroxyl groups is 1. The number of nitrogens with one attached hydrogen (secondary N) is 1. The van der Waals surface area contributed by atoms with Crippen molar-refractivity contribution in [2.45, 2.75) is 26.9 Å². The molecule has 2 N–H and O–H groups in total. The minimum atomic E-state index is -0.552. The lowest BCUT2D eigenvalue weighted by molar-refractivity contribution is 0.0527. The molecule has 0 saturated heterocycles. The van der Waals surface area contributed by atoms with E-state index in [1.807, 2.05) is 25.1 Å². The van der Waals surface area contributed by atoms with Crippen LogP contribution >= 0.6 is 0 Å². The molecule has 1 aromatic heterocycles. The number of carbonyl (C=O) groups excluding carboxylic acids is 1. The van der Waals surface area contributed by atoms with Crippen LogP contribution in [0.3, 0.4) is 0 Å². The van der Waals surface area contributed by atoms with E-state index in [9.17, 15) is 9.90 Å². The molecule has 23 heavy (non-hydrogen) atoms. The van der Waals surface area contributed by atoms with Crippen LogP contribution in [0.4, 0.5) is 5.69 Å². The number of pyridine rings is 1. The summed E-state index contributed by atoms with van der Waals surface area (Å²) in [6.45, 7) is 6.47. The van der Waals surface area contributed by atoms with Crippen LogP contribution < -0.4 is 10.1 Å². The highest BCUT2D eigenvalue weighted by Crippen LogP contribution is 2.30. The molecule has 0 amide bonds. The zero-order valence-electron chi connectivity index (χ0n) is 13.6. The lowest BCUT2D eigenvalue weighted by atomic mass is 10.1. The normalized spacial score (nSPS) is 12.0. The minimum Gasteiger partial charge on any atom is -0.494 e. The van der Waals surface area contributed by atoms with E-state index in [0.717, 1.165) is 10.9 Å². The molecular weight excluding hydrogens is 296 g/mol. The van der Waals surface area contributed by atoms with Crippen molar-refractivity contribution in [3.63, 3.8) is 0 Å². The lowest BCUT2D eigenvalue weighted by Crippen LogP contribution is -2.18. The summed E-state index contributed by atoms with van der Waals surface area (Å²) >= 11 is 0. The van der Waals surface area contributed by atoms with Gasteiger partial charge < -0.3 is 19.9 Å². The second-order valence-electron chi connectivity index (χ2n) is 5.11. The molecule has 6 nitrogen and oxygen atoms in total. The summed E-state index contributed by atoms with van der Waals surface area (Å²) in [4.78, 5) is 16.5. The Balaban J connectivity index is 2.55. The molecule has 0 bridgehead atoms. The smallest absolute Gasteiger partial charge is 0.341 e. The molecule has 6 heteroatoms. The van der Waals surface area contributed by atoms with E-state index >= 15 is 0 Å². The zero-order valence-corrected chi connectivity index (χ0v) is 13.6. The number of anilines is 1. The van der Waals surface area contributed by atoms with Crippen molar-refractivity contribution in [1.29, 1.82) is 0 Å². The van der Waals surface area contributed by atoms with E-state index in [0.29, 0.717) is 30.2 Å². The first-order valence-electron chi connectivity index (χ1n) is 7.71. The molecule has 0 aliphatic rings. The van der Waals surface area contributed by atoms with Gasteiger partial charge in [-0.1, -0.05) is 0 Å². The van der Waals surface area contributed by atoms with Crippen LogP contribution in [0.1, 0.15) is 31.1 Å². The lowest BCUT2D eigenvalue weighted by Gasteiger charge is -2.15. The average molecular weight is 318 g/mol. The molecule has 1 atom stereocenters. The third-order valence-electron chi connectivity index (χ3n) is 3.22. The predicted octanol–water partition coefficient (Wildman–Crippen LogP) is 2.60. The van der Waals surface area contributed by atoms with Gasteiger partial charge in [0.15, 0.2) is 0 Å². The number of ether oxygens (including phenoxy) is 2. The molecule has 0 spiro atoms. The monoisotopic (exact) mass is 318 g/mol. The standard InChI is InChI=1S/C17H22N2O4/c1-4-22-12-6-7-15-13(8-12)16(19-9-11(3)20)14(10-18-15)17(21)23-5-2/h6-8,10-11,20H,4-5,9H2,1-3H3,(H,18,19). The van der Waals surface area contributed by atoms with Crippen molar-refractivity contribution < 1.29 is 19.4 Å². The van der Waals surface area contributed by atoms with Gasteiger partial charge in [0.1, 0.15) is 11.3 Å². The van der Waals surface area contributed by atoms with Gasteiger partial charge >= 0.3 is 5.97 Å². The molecule has 1 aromatic carbocycles. The van der Waals surface area contributed by atoms with Gasteiger partial charge in [-0.3, -0.25) is 4.98 Å². The second kappa shape index (κ2) is 7.78. The predicted molar refractivity (Wildman–Crippen MR) is 89.0 cm³/mol. The first kappa shape index (κ1) is 17.0. The van der Waals surface area contributed by atoms with Crippen LogP contribution in [0, 0.1) is 0 Å². The van der Waals surface area contributed by atoms with Gasteiger partial charge in [-0.05, 0) is 39.0 Å². The Labute approximate surface area is 135 Å². The second-order valence-corrected chi connectivity index (χ2v) is 5.11. The number of benzene rings is 1. The molecule has 124 valence electrons. The molecule has 1 unspecified atom stereocenters. The SMILES string of the molecule is CCOC(=O)c1cnc2ccc(OCC)cc2c1NCC(C)O. The Morgan fingerprint density at radius 2 is 2.13 bits per heavy atom. The largest absolute Gasteiger partial charge is 0.494 e. The topological polar surface area (TPSA) is 80.7 Å². The fourth-order valence-corrected chi connectivity index (χ4v) is 2.23. The molecule has 0 radical (unpaired) electrons. The maximum absolute atomic E-state index is 12.2. The van der Waals surface area contributed by atoms with Gasteiger partial charge in [0.2, 0.25) is 0 Å². The highest BCUT2D eigenvalue weighted by atomic mass is 16.5. The van der Waals surface area contributed by atoms with E-state index in [2.05, 4.69) is 10.3 Å². The van der Waals surface area contributed by atoms with Gasteiger partial charge in [0.05, 0.1) is 30.5 Å². The quantitative estimate of drug-likeness (QED) is 0.764. The summed E-state index contributed by atoms with van der Waals surface area (Å²) in [5, 5.41) is 13.4. The summed E-state index contributed by atoms with van der Waals surface area (Å²) in [7, 11) is 0. The summed E-state index contributed by atoms with van der Waals surface area (Å²) in [5.74, 6) is 0.250. The third kappa shape index (κ3) is 4.10. The van der Waals surface area contributed by atoms with Crippen LogP contribution in [-0.4, -0.2) is 41.9 Å². The molecule has 0 aliphatic heterocycles. The summed E-state index contributed by atoms with van der Waals surface area (Å²) in [6.07, 6.45) is 0.939. The highest BCUT2D eigenvalue weighted by molar-refractivity contribution is 6.05. The van der Waals surface area contributed by atoms with Gasteiger partial charge in [0, 0.05) is 18.1 Å². The number of aromatic nitrogens is 1. The van der Waals surface area contributed by atoms with Crippen LogP contribution in [0.25, 0.3) is 10.9 Å². The van der Waals surface area contributed by atoms with E-state index in [4.69, 9.17) is 9.47 Å². The average Bonchev–Trinajstić information content (AvgIpc) is 2.52. The minimum absolute atomic E-state index is 0.283. The van der Waals surface area contributed by atoms with Gasteiger partial charge in [-0.25, -0.2) is 4.79 Å². The fraction of sp³-hybridized carbons (Fsp3) is 0.412. The summed E-state index contributed by atoms with van der Waals surface area (Å²) in [6, 6.07) is 5.50. The number of hydrogen-bond acceptors (Lipinski definition) is 6. The van der Waals surface area contributed by atoms with Gasteiger partial charge in [-0.15, -0.1) is 0 Å². The van der Waals surface area contributed by atoms with E-state index < -0.39 is 12.1 Å². The molecule has 0 fully saturated rings. The van der Waals surface area contributed by atoms with Crippen LogP contribution in [-0.2, 0) is 4.74 Å². The molecular formula is C17H22N2O4. The Bertz CT molecular complexity index is 686. The molecule has 0 aliphatic carbocycles. The van der Waals surface area contributed by atoms with Crippen LogP contribution in [0.15, 0.2) is 24.4 Å². The zero-order chi connectivity index (χ0) is 16.8. The van der Waals surface area contributed by atoms with E-state index in [1.54, 1.807) is 13.8 Å². The Morgan fingerprint density at radius 1 is 1.35 bits per heavy atom. The summed E-state index contributed by atoms with van der Waals surface area (Å²) < 4.78 is 10.6. The van der Waals surface area contributed by atoms with Crippen molar-refractivity contribution in [2.75, 3.05) is 25.1 Å². The third-order valence-corrected chi connectivity index (χ3v) is 3.22. The summed E-state index contributed by atoms with van der Waals surface area (Å²) in [5.41, 5.74) is 1.67. The first-order valence-corrected chi connectivity index (χ1v) is 7.71. The van der Waals surface area contributed by atoms with Crippen molar-refractivity contribution in [1.82, 2.24) is 4.98 Å². The van der Waals surface area contributed by atoms with Crippen LogP contribution in [0.2, 0.25) is 0 Å². The Morgan fingerprint density at radius 3 is 2.78 bits per heavy atom. The highest BCUT2D eigenvalue weighted by Gasteiger charge is 2.17. The van der Waals surface area contributed by atoms with Gasteiger partial charge in [0.25, 0.3) is 0 Å². The van der Waals surface area contributed by atoms with Crippen LogP contribution in [0.5, 0.6) is 5.75 Å². The van der Waals surface area contributed by atoms with E-state index in [-0.39, 0.29) is 6.61 Å². The molecule has 1 heterocycles. The first-order chi connectivity index (χ1) is 11.1. The van der Waals surface area contributed by atoms with Gasteiger partial charge in [-0.2, -0.15) is 0 Å². The number of esters is 1. The Hall–Kier alpha value is -2.34. The number of fused-ring (bicyclic) bond motifs is 1. The Kier molecular flexibility index (Phi) is 5.76. The maximum atomic E-state index is 12.2. The molecule has 2 aromatic rings. The number of nitrogens with zero attached hydrogens (tertiary/aromatic N) is 1.